The summed E-state index contributed by atoms with van der Waals surface area (Å²) in [5.41, 5.74) is 2.73. The summed E-state index contributed by atoms with van der Waals surface area (Å²) in [6.07, 6.45) is 3.40. The topological polar surface area (TPSA) is 152 Å². The number of methoxy groups -OCH3 is 2. The number of nitrogens with zero attached hydrogens (tertiary/aromatic N) is 2. The van der Waals surface area contributed by atoms with Crippen molar-refractivity contribution in [3.05, 3.63) is 101 Å². The van der Waals surface area contributed by atoms with E-state index in [2.05, 4.69) is 9.88 Å². The van der Waals surface area contributed by atoms with Gasteiger partial charge in [0.2, 0.25) is 0 Å². The number of anilines is 1. The number of carbonyl (C=O) groups excluding carboxylic acids is 3. The molecule has 3 aromatic carbocycles. The maximum atomic E-state index is 13.2. The van der Waals surface area contributed by atoms with E-state index in [-0.39, 0.29) is 40.0 Å². The van der Waals surface area contributed by atoms with E-state index in [0.29, 0.717) is 17.7 Å². The standard InChI is InChI=1S/C34H33N3O9S/c1-21(19-43-3)20-45-33(39)24-8-7-9-27(16-24)47(41,42)36-26-14-12-23(13-15-26)31-29(34(40)46-35-31)17-25-18-37(22(2)32(38)44-4)30-11-6-5-10-28(25)30/h5-18,21-22,36H,19-20H2,1-4H3/b29-17-. The first-order valence-corrected chi connectivity index (χ1v) is 16.1. The lowest BCUT2D eigenvalue weighted by atomic mass is 10.0. The van der Waals surface area contributed by atoms with Crippen LogP contribution in [-0.2, 0) is 38.7 Å². The van der Waals surface area contributed by atoms with Crippen LogP contribution in [0.15, 0.2) is 94.6 Å². The van der Waals surface area contributed by atoms with Gasteiger partial charge in [-0.05, 0) is 49.4 Å². The van der Waals surface area contributed by atoms with E-state index in [1.54, 1.807) is 43.0 Å². The van der Waals surface area contributed by atoms with Crippen LogP contribution in [0.3, 0.4) is 0 Å². The summed E-state index contributed by atoms with van der Waals surface area (Å²) in [6, 6.07) is 18.6. The fraction of sp³-hybridized carbons (Fsp3) is 0.235. The zero-order valence-electron chi connectivity index (χ0n) is 26.1. The van der Waals surface area contributed by atoms with Crippen molar-refractivity contribution in [3.8, 4) is 0 Å². The molecule has 0 saturated carbocycles. The highest BCUT2D eigenvalue weighted by atomic mass is 32.2. The fourth-order valence-electron chi connectivity index (χ4n) is 5.06. The first kappa shape index (κ1) is 33.1. The number of ether oxygens (including phenoxy) is 3. The number of aromatic nitrogens is 1. The molecule has 1 aliphatic heterocycles. The van der Waals surface area contributed by atoms with Crippen molar-refractivity contribution in [2.45, 2.75) is 24.8 Å². The first-order valence-electron chi connectivity index (χ1n) is 14.6. The lowest BCUT2D eigenvalue weighted by molar-refractivity contribution is -0.144. The summed E-state index contributed by atoms with van der Waals surface area (Å²) >= 11 is 0. The number of sulfonamides is 1. The minimum absolute atomic E-state index is 0.0179. The van der Waals surface area contributed by atoms with Gasteiger partial charge >= 0.3 is 17.9 Å². The Balaban J connectivity index is 1.35. The van der Waals surface area contributed by atoms with Gasteiger partial charge < -0.3 is 23.6 Å². The van der Waals surface area contributed by atoms with Crippen LogP contribution in [0, 0.1) is 5.92 Å². The number of esters is 2. The Morgan fingerprint density at radius 3 is 2.47 bits per heavy atom. The fourth-order valence-corrected chi connectivity index (χ4v) is 6.16. The van der Waals surface area contributed by atoms with Crippen molar-refractivity contribution in [1.82, 2.24) is 4.57 Å². The molecule has 2 heterocycles. The Morgan fingerprint density at radius 1 is 1.00 bits per heavy atom. The van der Waals surface area contributed by atoms with Crippen molar-refractivity contribution in [1.29, 1.82) is 0 Å². The van der Waals surface area contributed by atoms with E-state index >= 15 is 0 Å². The number of benzene rings is 3. The van der Waals surface area contributed by atoms with Crippen LogP contribution < -0.4 is 4.72 Å². The number of oxime groups is 1. The second-order valence-electron chi connectivity index (χ2n) is 11.0. The molecule has 0 spiro atoms. The molecule has 47 heavy (non-hydrogen) atoms. The molecule has 2 atom stereocenters. The SMILES string of the molecule is COCC(C)COC(=O)c1cccc(S(=O)(=O)Nc2ccc(C3=NOC(=O)/C3=C\c3cn(C(C)C(=O)OC)c4ccccc34)cc2)c1. The highest BCUT2D eigenvalue weighted by Crippen LogP contribution is 2.30. The molecule has 12 nitrogen and oxygen atoms in total. The lowest BCUT2D eigenvalue weighted by Crippen LogP contribution is -2.17. The summed E-state index contributed by atoms with van der Waals surface area (Å²) in [4.78, 5) is 42.4. The molecule has 1 aromatic heterocycles. The lowest BCUT2D eigenvalue weighted by Gasteiger charge is -2.12. The molecule has 1 N–H and O–H groups in total. The maximum Gasteiger partial charge on any atom is 0.368 e. The van der Waals surface area contributed by atoms with Crippen LogP contribution in [0.2, 0.25) is 0 Å². The van der Waals surface area contributed by atoms with E-state index in [1.807, 2.05) is 31.2 Å². The highest BCUT2D eigenvalue weighted by Gasteiger charge is 2.28. The number of fused-ring (bicyclic) bond motifs is 1. The average molecular weight is 660 g/mol. The molecule has 0 aliphatic carbocycles. The smallest absolute Gasteiger partial charge is 0.368 e. The minimum Gasteiger partial charge on any atom is -0.467 e. The van der Waals surface area contributed by atoms with Crippen LogP contribution >= 0.6 is 0 Å². The Hall–Kier alpha value is -5.27. The molecule has 2 unspecified atom stereocenters. The van der Waals surface area contributed by atoms with E-state index in [9.17, 15) is 22.8 Å². The summed E-state index contributed by atoms with van der Waals surface area (Å²) < 4.78 is 45.9. The Labute approximate surface area is 271 Å². The van der Waals surface area contributed by atoms with Crippen molar-refractivity contribution < 1.29 is 41.8 Å². The van der Waals surface area contributed by atoms with Gasteiger partial charge in [-0.2, -0.15) is 0 Å². The van der Waals surface area contributed by atoms with Gasteiger partial charge in [0.25, 0.3) is 10.0 Å². The number of carbonyl (C=O) groups is 3. The van der Waals surface area contributed by atoms with Gasteiger partial charge in [0.15, 0.2) is 0 Å². The van der Waals surface area contributed by atoms with Crippen LogP contribution in [0.5, 0.6) is 0 Å². The molecule has 0 radical (unpaired) electrons. The van der Waals surface area contributed by atoms with Gasteiger partial charge in [-0.3, -0.25) is 4.72 Å². The molecule has 4 aromatic rings. The highest BCUT2D eigenvalue weighted by molar-refractivity contribution is 7.92. The van der Waals surface area contributed by atoms with Crippen molar-refractivity contribution in [2.24, 2.45) is 11.1 Å². The predicted octanol–water partition coefficient (Wildman–Crippen LogP) is 4.96. The molecular weight excluding hydrogens is 626 g/mol. The summed E-state index contributed by atoms with van der Waals surface area (Å²) in [5, 5.41) is 4.77. The zero-order valence-corrected chi connectivity index (χ0v) is 26.9. The predicted molar refractivity (Wildman–Crippen MR) is 174 cm³/mol. The van der Waals surface area contributed by atoms with Crippen LogP contribution in [-0.4, -0.2) is 64.0 Å². The molecule has 13 heteroatoms. The number of para-hydroxylation sites is 1. The molecule has 0 fully saturated rings. The summed E-state index contributed by atoms with van der Waals surface area (Å²) in [6.45, 7) is 4.13. The van der Waals surface area contributed by atoms with Gasteiger partial charge in [0.05, 0.1) is 36.4 Å². The third kappa shape index (κ3) is 7.26. The second-order valence-corrected chi connectivity index (χ2v) is 12.6. The normalized spacial score (nSPS) is 15.2. The molecule has 244 valence electrons. The number of nitrogens with one attached hydrogen (secondary N) is 1. The average Bonchev–Trinajstić information content (AvgIpc) is 3.63. The van der Waals surface area contributed by atoms with Crippen molar-refractivity contribution in [2.75, 3.05) is 32.2 Å². The summed E-state index contributed by atoms with van der Waals surface area (Å²) in [7, 11) is -1.19. The Bertz CT molecular complexity index is 2000. The van der Waals surface area contributed by atoms with Gasteiger partial charge in [0, 0.05) is 46.9 Å². The molecule has 1 aliphatic rings. The van der Waals surface area contributed by atoms with E-state index in [4.69, 9.17) is 19.0 Å². The van der Waals surface area contributed by atoms with Crippen LogP contribution in [0.1, 0.15) is 41.4 Å². The molecular formula is C34H33N3O9S. The molecule has 5 rings (SSSR count). The number of rotatable bonds is 12. The maximum absolute atomic E-state index is 13.2. The van der Waals surface area contributed by atoms with Crippen LogP contribution in [0.25, 0.3) is 17.0 Å². The van der Waals surface area contributed by atoms with Gasteiger partial charge in [-0.25, -0.2) is 22.8 Å². The molecule has 0 bridgehead atoms. The Morgan fingerprint density at radius 2 is 1.74 bits per heavy atom. The monoisotopic (exact) mass is 659 g/mol. The number of hydrogen-bond donors (Lipinski definition) is 1. The molecule has 0 amide bonds. The van der Waals surface area contributed by atoms with E-state index < -0.39 is 34.0 Å². The molecule has 0 saturated heterocycles. The van der Waals surface area contributed by atoms with Crippen molar-refractivity contribution in [3.63, 3.8) is 0 Å². The first-order chi connectivity index (χ1) is 22.5. The van der Waals surface area contributed by atoms with Gasteiger partial charge in [-0.1, -0.05) is 48.5 Å². The zero-order chi connectivity index (χ0) is 33.7. The minimum atomic E-state index is -4.07. The second kappa shape index (κ2) is 14.0. The van der Waals surface area contributed by atoms with Gasteiger partial charge in [0.1, 0.15) is 11.8 Å². The van der Waals surface area contributed by atoms with Crippen molar-refractivity contribution >= 4 is 56.3 Å². The largest absolute Gasteiger partial charge is 0.467 e. The van der Waals surface area contributed by atoms with Crippen LogP contribution in [0.4, 0.5) is 5.69 Å². The third-order valence-corrected chi connectivity index (χ3v) is 8.85. The van der Waals surface area contributed by atoms with E-state index in [1.165, 1.54) is 43.5 Å². The quantitative estimate of drug-likeness (QED) is 0.126. The summed E-state index contributed by atoms with van der Waals surface area (Å²) in [5.74, 6) is -1.73. The third-order valence-electron chi connectivity index (χ3n) is 7.47. The number of hydrogen-bond acceptors (Lipinski definition) is 10. The Kier molecular flexibility index (Phi) is 9.87. The van der Waals surface area contributed by atoms with E-state index in [0.717, 1.165) is 10.9 Å². The van der Waals surface area contributed by atoms with Gasteiger partial charge in [-0.15, -0.1) is 0 Å².